The first-order valence-electron chi connectivity index (χ1n) is 9.79. The van der Waals surface area contributed by atoms with Crippen LogP contribution in [0.5, 0.6) is 0 Å². The highest BCUT2D eigenvalue weighted by atomic mass is 16.4. The number of allylic oxidation sites excluding steroid dienone is 2. The summed E-state index contributed by atoms with van der Waals surface area (Å²) in [6, 6.07) is 18.7. The fourth-order valence-electron chi connectivity index (χ4n) is 3.72. The molecule has 1 heterocycles. The SMILES string of the molecule is CC1C=C(C(=O)Nc2cc(-c3ccccc3)ccc2C(=O)O)C=CC1n1cccc1. The smallest absolute Gasteiger partial charge is 0.337 e. The van der Waals surface area contributed by atoms with Crippen LogP contribution in [0, 0.1) is 5.92 Å². The summed E-state index contributed by atoms with van der Waals surface area (Å²) in [6.45, 7) is 2.06. The number of carboxylic acids is 1. The van der Waals surface area contributed by atoms with E-state index in [-0.39, 0.29) is 29.1 Å². The minimum Gasteiger partial charge on any atom is -0.478 e. The molecule has 1 aromatic heterocycles. The maximum absolute atomic E-state index is 12.9. The molecular weight excluding hydrogens is 376 g/mol. The fraction of sp³-hybridized carbons (Fsp3) is 0.120. The van der Waals surface area contributed by atoms with Gasteiger partial charge in [-0.15, -0.1) is 0 Å². The van der Waals surface area contributed by atoms with Gasteiger partial charge in [-0.1, -0.05) is 61.5 Å². The minimum absolute atomic E-state index is 0.0571. The van der Waals surface area contributed by atoms with Crippen LogP contribution in [0.15, 0.2) is 96.9 Å². The summed E-state index contributed by atoms with van der Waals surface area (Å²) in [6.07, 6.45) is 9.71. The topological polar surface area (TPSA) is 71.3 Å². The Morgan fingerprint density at radius 1 is 0.967 bits per heavy atom. The number of hydrogen-bond donors (Lipinski definition) is 2. The lowest BCUT2D eigenvalue weighted by Crippen LogP contribution is -2.21. The second-order valence-corrected chi connectivity index (χ2v) is 7.35. The molecule has 0 spiro atoms. The van der Waals surface area contributed by atoms with Gasteiger partial charge in [0, 0.05) is 18.0 Å². The van der Waals surface area contributed by atoms with Crippen molar-refractivity contribution in [3.63, 3.8) is 0 Å². The van der Waals surface area contributed by atoms with E-state index in [0.717, 1.165) is 11.1 Å². The minimum atomic E-state index is -1.08. The summed E-state index contributed by atoms with van der Waals surface area (Å²) in [5.41, 5.74) is 2.65. The Hall–Kier alpha value is -3.86. The van der Waals surface area contributed by atoms with Crippen LogP contribution in [0.2, 0.25) is 0 Å². The van der Waals surface area contributed by atoms with Crippen molar-refractivity contribution in [2.45, 2.75) is 13.0 Å². The number of aromatic nitrogens is 1. The second-order valence-electron chi connectivity index (χ2n) is 7.35. The quantitative estimate of drug-likeness (QED) is 0.623. The summed E-state index contributed by atoms with van der Waals surface area (Å²) in [4.78, 5) is 24.6. The van der Waals surface area contributed by atoms with Gasteiger partial charge >= 0.3 is 5.97 Å². The Morgan fingerprint density at radius 3 is 2.37 bits per heavy atom. The predicted molar refractivity (Wildman–Crippen MR) is 117 cm³/mol. The normalized spacial score (nSPS) is 18.0. The summed E-state index contributed by atoms with van der Waals surface area (Å²) < 4.78 is 2.10. The molecule has 0 saturated heterocycles. The summed E-state index contributed by atoms with van der Waals surface area (Å²) in [7, 11) is 0. The number of nitrogens with one attached hydrogen (secondary N) is 1. The van der Waals surface area contributed by atoms with Crippen LogP contribution >= 0.6 is 0 Å². The van der Waals surface area contributed by atoms with Crippen molar-refractivity contribution in [2.75, 3.05) is 5.32 Å². The van der Waals surface area contributed by atoms with Crippen molar-refractivity contribution >= 4 is 17.6 Å². The standard InChI is InChI=1S/C25H22N2O3/c1-17-15-20(10-12-23(17)27-13-5-6-14-27)24(28)26-22-16-19(9-11-21(22)25(29)30)18-7-3-2-4-8-18/h2-17,23H,1H3,(H,26,28)(H,29,30). The zero-order chi connectivity index (χ0) is 21.1. The monoisotopic (exact) mass is 398 g/mol. The fourth-order valence-corrected chi connectivity index (χ4v) is 3.72. The highest BCUT2D eigenvalue weighted by Crippen LogP contribution is 2.29. The number of amides is 1. The van der Waals surface area contributed by atoms with E-state index in [1.807, 2.05) is 67.0 Å². The zero-order valence-electron chi connectivity index (χ0n) is 16.5. The molecule has 2 aromatic carbocycles. The van der Waals surface area contributed by atoms with E-state index in [9.17, 15) is 14.7 Å². The van der Waals surface area contributed by atoms with E-state index in [2.05, 4.69) is 16.8 Å². The van der Waals surface area contributed by atoms with Gasteiger partial charge in [0.1, 0.15) is 0 Å². The zero-order valence-corrected chi connectivity index (χ0v) is 16.5. The lowest BCUT2D eigenvalue weighted by atomic mass is 9.92. The second kappa shape index (κ2) is 8.25. The van der Waals surface area contributed by atoms with Gasteiger partial charge in [-0.2, -0.15) is 0 Å². The van der Waals surface area contributed by atoms with E-state index >= 15 is 0 Å². The van der Waals surface area contributed by atoms with Crippen molar-refractivity contribution in [3.8, 4) is 11.1 Å². The lowest BCUT2D eigenvalue weighted by molar-refractivity contribution is -0.112. The molecule has 0 aliphatic heterocycles. The number of nitrogens with zero attached hydrogens (tertiary/aromatic N) is 1. The van der Waals surface area contributed by atoms with E-state index in [4.69, 9.17) is 0 Å². The van der Waals surface area contributed by atoms with Crippen molar-refractivity contribution in [3.05, 3.63) is 102 Å². The highest BCUT2D eigenvalue weighted by molar-refractivity contribution is 6.09. The summed E-state index contributed by atoms with van der Waals surface area (Å²) in [5.74, 6) is -1.28. The summed E-state index contributed by atoms with van der Waals surface area (Å²) in [5, 5.41) is 12.3. The molecule has 1 aliphatic rings. The molecular formula is C25H22N2O3. The van der Waals surface area contributed by atoms with Crippen LogP contribution in [0.25, 0.3) is 11.1 Å². The third-order valence-corrected chi connectivity index (χ3v) is 5.29. The molecule has 3 aromatic rings. The van der Waals surface area contributed by atoms with Crippen LogP contribution in [0.3, 0.4) is 0 Å². The van der Waals surface area contributed by atoms with Crippen LogP contribution in [0.4, 0.5) is 5.69 Å². The third kappa shape index (κ3) is 3.96. The molecule has 30 heavy (non-hydrogen) atoms. The molecule has 2 atom stereocenters. The molecule has 0 fully saturated rings. The molecule has 5 nitrogen and oxygen atoms in total. The van der Waals surface area contributed by atoms with Crippen LogP contribution in [-0.2, 0) is 4.79 Å². The Bertz CT molecular complexity index is 1130. The molecule has 1 aliphatic carbocycles. The van der Waals surface area contributed by atoms with E-state index < -0.39 is 5.97 Å². The van der Waals surface area contributed by atoms with Gasteiger partial charge in [0.15, 0.2) is 0 Å². The van der Waals surface area contributed by atoms with Gasteiger partial charge < -0.3 is 15.0 Å². The molecule has 0 bridgehead atoms. The average Bonchev–Trinajstić information content (AvgIpc) is 3.28. The van der Waals surface area contributed by atoms with Gasteiger partial charge in [0.05, 0.1) is 17.3 Å². The number of aromatic carboxylic acids is 1. The predicted octanol–water partition coefficient (Wildman–Crippen LogP) is 5.17. The molecule has 150 valence electrons. The van der Waals surface area contributed by atoms with Gasteiger partial charge in [0.25, 0.3) is 5.91 Å². The van der Waals surface area contributed by atoms with Crippen molar-refractivity contribution in [1.29, 1.82) is 0 Å². The first kappa shape index (κ1) is 19.5. The molecule has 5 heteroatoms. The Labute approximate surface area is 175 Å². The van der Waals surface area contributed by atoms with Crippen LogP contribution < -0.4 is 5.32 Å². The van der Waals surface area contributed by atoms with Gasteiger partial charge in [-0.05, 0) is 41.3 Å². The van der Waals surface area contributed by atoms with Gasteiger partial charge in [-0.3, -0.25) is 4.79 Å². The largest absolute Gasteiger partial charge is 0.478 e. The molecule has 0 saturated carbocycles. The number of hydrogen-bond acceptors (Lipinski definition) is 2. The molecule has 2 N–H and O–H groups in total. The highest BCUT2D eigenvalue weighted by Gasteiger charge is 2.22. The number of carbonyl (C=O) groups excluding carboxylic acids is 1. The summed E-state index contributed by atoms with van der Waals surface area (Å²) >= 11 is 0. The Kier molecular flexibility index (Phi) is 5.35. The van der Waals surface area contributed by atoms with E-state index in [1.54, 1.807) is 18.2 Å². The number of carboxylic acid groups (broad SMARTS) is 1. The first-order valence-corrected chi connectivity index (χ1v) is 9.79. The third-order valence-electron chi connectivity index (χ3n) is 5.29. The molecule has 4 rings (SSSR count). The van der Waals surface area contributed by atoms with Crippen molar-refractivity contribution < 1.29 is 14.7 Å². The number of benzene rings is 2. The number of carbonyl (C=O) groups is 2. The average molecular weight is 398 g/mol. The first-order chi connectivity index (χ1) is 14.5. The maximum Gasteiger partial charge on any atom is 0.337 e. The Balaban J connectivity index is 1.59. The molecule has 1 amide bonds. The van der Waals surface area contributed by atoms with Crippen LogP contribution in [0.1, 0.15) is 23.3 Å². The van der Waals surface area contributed by atoms with Gasteiger partial charge in [0.2, 0.25) is 0 Å². The van der Waals surface area contributed by atoms with Crippen molar-refractivity contribution in [2.24, 2.45) is 5.92 Å². The van der Waals surface area contributed by atoms with Gasteiger partial charge in [-0.25, -0.2) is 4.79 Å². The number of anilines is 1. The van der Waals surface area contributed by atoms with Crippen LogP contribution in [-0.4, -0.2) is 21.6 Å². The maximum atomic E-state index is 12.9. The van der Waals surface area contributed by atoms with Crippen molar-refractivity contribution in [1.82, 2.24) is 4.57 Å². The Morgan fingerprint density at radius 2 is 1.70 bits per heavy atom. The lowest BCUT2D eigenvalue weighted by Gasteiger charge is -2.24. The van der Waals surface area contributed by atoms with E-state index in [0.29, 0.717) is 5.57 Å². The van der Waals surface area contributed by atoms with E-state index in [1.165, 1.54) is 6.07 Å². The molecule has 0 radical (unpaired) electrons. The number of rotatable bonds is 5. The molecule has 2 unspecified atom stereocenters.